The highest BCUT2D eigenvalue weighted by Crippen LogP contribution is 2.48. The lowest BCUT2D eigenvalue weighted by atomic mass is 9.67. The third kappa shape index (κ3) is 3.20. The molecule has 1 aromatic heterocycles. The van der Waals surface area contributed by atoms with Crippen molar-refractivity contribution in [1.82, 2.24) is 14.9 Å². The van der Waals surface area contributed by atoms with Crippen molar-refractivity contribution in [2.75, 3.05) is 24.5 Å². The summed E-state index contributed by atoms with van der Waals surface area (Å²) in [4.78, 5) is 26.5. The second-order valence-corrected chi connectivity index (χ2v) is 8.42. The molecule has 1 spiro atoms. The van der Waals surface area contributed by atoms with E-state index in [1.807, 2.05) is 12.3 Å². The molecule has 1 aliphatic carbocycles. The summed E-state index contributed by atoms with van der Waals surface area (Å²) in [6, 6.07) is 10.9. The number of nitrogens with zero attached hydrogens (tertiary/aromatic N) is 4. The molecule has 3 fully saturated rings. The second kappa shape index (κ2) is 6.63. The van der Waals surface area contributed by atoms with Crippen molar-refractivity contribution in [2.45, 2.75) is 44.1 Å². The fraction of sp³-hybridized carbons (Fsp3) is 0.500. The van der Waals surface area contributed by atoms with Gasteiger partial charge in [0.2, 0.25) is 5.91 Å². The van der Waals surface area contributed by atoms with Crippen LogP contribution in [0.2, 0.25) is 0 Å². The van der Waals surface area contributed by atoms with Gasteiger partial charge in [-0.25, -0.2) is 4.98 Å². The summed E-state index contributed by atoms with van der Waals surface area (Å²) in [5.74, 6) is 1.34. The number of rotatable bonds is 3. The molecule has 0 radical (unpaired) electrons. The number of amides is 1. The Labute approximate surface area is 160 Å². The Morgan fingerprint density at radius 2 is 1.81 bits per heavy atom. The van der Waals surface area contributed by atoms with E-state index in [9.17, 15) is 4.79 Å². The van der Waals surface area contributed by atoms with Crippen LogP contribution in [0.1, 0.15) is 43.6 Å². The Kier molecular flexibility index (Phi) is 4.10. The summed E-state index contributed by atoms with van der Waals surface area (Å²) in [5, 5.41) is 0. The van der Waals surface area contributed by atoms with Gasteiger partial charge >= 0.3 is 0 Å². The molecule has 140 valence electrons. The summed E-state index contributed by atoms with van der Waals surface area (Å²) >= 11 is 0. The minimum atomic E-state index is 0.0172. The van der Waals surface area contributed by atoms with Crippen molar-refractivity contribution in [2.24, 2.45) is 5.41 Å². The van der Waals surface area contributed by atoms with Crippen LogP contribution in [0.25, 0.3) is 0 Å². The quantitative estimate of drug-likeness (QED) is 0.841. The highest BCUT2D eigenvalue weighted by molar-refractivity contribution is 5.85. The van der Waals surface area contributed by atoms with Crippen LogP contribution in [0.4, 0.5) is 5.82 Å². The molecule has 2 aromatic rings. The van der Waals surface area contributed by atoms with E-state index in [0.29, 0.717) is 11.9 Å². The largest absolute Gasteiger partial charge is 0.355 e. The van der Waals surface area contributed by atoms with E-state index in [1.54, 1.807) is 12.4 Å². The van der Waals surface area contributed by atoms with Crippen LogP contribution in [0.5, 0.6) is 0 Å². The van der Waals surface area contributed by atoms with E-state index >= 15 is 0 Å². The molecule has 2 saturated heterocycles. The van der Waals surface area contributed by atoms with E-state index in [-0.39, 0.29) is 11.3 Å². The molecule has 1 atom stereocenters. The lowest BCUT2D eigenvalue weighted by Gasteiger charge is -2.50. The maximum atomic E-state index is 13.2. The topological polar surface area (TPSA) is 49.3 Å². The minimum Gasteiger partial charge on any atom is -0.355 e. The van der Waals surface area contributed by atoms with Crippen molar-refractivity contribution < 1.29 is 4.79 Å². The molecule has 3 aliphatic rings. The standard InChI is InChI=1S/C22H26N4O/c27-21-19(17-4-2-1-3-5-17)14-22(16-26(21)18-6-7-18)8-12-25(13-9-22)20-15-23-10-11-24-20/h1-5,10-11,15,18-19H,6-9,12-14,16H2/t19-/m1/s1. The van der Waals surface area contributed by atoms with Gasteiger partial charge < -0.3 is 9.80 Å². The fourth-order valence-electron chi connectivity index (χ4n) is 4.89. The first kappa shape index (κ1) is 16.7. The number of aromatic nitrogens is 2. The lowest BCUT2D eigenvalue weighted by molar-refractivity contribution is -0.141. The monoisotopic (exact) mass is 362 g/mol. The molecule has 5 heteroatoms. The van der Waals surface area contributed by atoms with Gasteiger partial charge in [-0.15, -0.1) is 0 Å². The molecule has 5 nitrogen and oxygen atoms in total. The molecule has 0 unspecified atom stereocenters. The van der Waals surface area contributed by atoms with Gasteiger partial charge in [0.25, 0.3) is 0 Å². The van der Waals surface area contributed by atoms with Gasteiger partial charge in [0.15, 0.2) is 0 Å². The van der Waals surface area contributed by atoms with Crippen LogP contribution >= 0.6 is 0 Å². The van der Waals surface area contributed by atoms with Gasteiger partial charge in [0.1, 0.15) is 5.82 Å². The third-order valence-corrected chi connectivity index (χ3v) is 6.61. The number of piperidine rings is 2. The minimum absolute atomic E-state index is 0.0172. The Hall–Kier alpha value is -2.43. The SMILES string of the molecule is O=C1[C@@H](c2ccccc2)CC2(CCN(c3cnccn3)CC2)CN1C1CC1. The number of hydrogen-bond donors (Lipinski definition) is 0. The maximum absolute atomic E-state index is 13.2. The predicted molar refractivity (Wildman–Crippen MR) is 104 cm³/mol. The molecule has 3 heterocycles. The first-order valence-electron chi connectivity index (χ1n) is 10.1. The van der Waals surface area contributed by atoms with E-state index in [4.69, 9.17) is 0 Å². The van der Waals surface area contributed by atoms with Crippen molar-refractivity contribution >= 4 is 11.7 Å². The van der Waals surface area contributed by atoms with Gasteiger partial charge in [-0.3, -0.25) is 9.78 Å². The van der Waals surface area contributed by atoms with Gasteiger partial charge in [-0.2, -0.15) is 0 Å². The summed E-state index contributed by atoms with van der Waals surface area (Å²) in [7, 11) is 0. The van der Waals surface area contributed by atoms with Gasteiger partial charge in [-0.05, 0) is 43.1 Å². The normalized spacial score (nSPS) is 25.0. The van der Waals surface area contributed by atoms with E-state index in [2.05, 4.69) is 44.0 Å². The van der Waals surface area contributed by atoms with Crippen LogP contribution in [-0.4, -0.2) is 46.5 Å². The zero-order chi connectivity index (χ0) is 18.3. The number of carbonyl (C=O) groups is 1. The summed E-state index contributed by atoms with van der Waals surface area (Å²) in [5.41, 5.74) is 1.42. The smallest absolute Gasteiger partial charge is 0.230 e. The third-order valence-electron chi connectivity index (χ3n) is 6.61. The summed E-state index contributed by atoms with van der Waals surface area (Å²) in [6.07, 6.45) is 10.9. The number of carbonyl (C=O) groups excluding carboxylic acids is 1. The van der Waals surface area contributed by atoms with Crippen molar-refractivity contribution in [3.05, 3.63) is 54.5 Å². The van der Waals surface area contributed by atoms with Gasteiger partial charge in [0.05, 0.1) is 12.1 Å². The first-order chi connectivity index (χ1) is 13.2. The molecule has 27 heavy (non-hydrogen) atoms. The van der Waals surface area contributed by atoms with Gasteiger partial charge in [0, 0.05) is 38.1 Å². The highest BCUT2D eigenvalue weighted by atomic mass is 16.2. The number of anilines is 1. The number of likely N-dealkylation sites (tertiary alicyclic amines) is 1. The zero-order valence-corrected chi connectivity index (χ0v) is 15.6. The number of hydrogen-bond acceptors (Lipinski definition) is 4. The lowest BCUT2D eigenvalue weighted by Crippen LogP contribution is -2.54. The van der Waals surface area contributed by atoms with Crippen LogP contribution < -0.4 is 4.90 Å². The highest BCUT2D eigenvalue weighted by Gasteiger charge is 2.49. The number of benzene rings is 1. The van der Waals surface area contributed by atoms with Crippen LogP contribution in [-0.2, 0) is 4.79 Å². The van der Waals surface area contributed by atoms with Crippen LogP contribution in [0, 0.1) is 5.41 Å². The van der Waals surface area contributed by atoms with Crippen molar-refractivity contribution in [3.63, 3.8) is 0 Å². The molecule has 1 saturated carbocycles. The Balaban J connectivity index is 1.38. The van der Waals surface area contributed by atoms with E-state index in [1.165, 1.54) is 18.4 Å². The summed E-state index contributed by atoms with van der Waals surface area (Å²) < 4.78 is 0. The van der Waals surface area contributed by atoms with E-state index < -0.39 is 0 Å². The van der Waals surface area contributed by atoms with Crippen LogP contribution in [0.3, 0.4) is 0 Å². The Morgan fingerprint density at radius 1 is 1.04 bits per heavy atom. The average molecular weight is 362 g/mol. The summed E-state index contributed by atoms with van der Waals surface area (Å²) in [6.45, 7) is 2.92. The second-order valence-electron chi connectivity index (χ2n) is 8.42. The molecule has 2 aliphatic heterocycles. The van der Waals surface area contributed by atoms with E-state index in [0.717, 1.165) is 44.7 Å². The van der Waals surface area contributed by atoms with Crippen LogP contribution in [0.15, 0.2) is 48.9 Å². The Bertz CT molecular complexity index is 798. The molecule has 5 rings (SSSR count). The first-order valence-corrected chi connectivity index (χ1v) is 10.1. The maximum Gasteiger partial charge on any atom is 0.230 e. The van der Waals surface area contributed by atoms with Crippen molar-refractivity contribution in [3.8, 4) is 0 Å². The van der Waals surface area contributed by atoms with Gasteiger partial charge in [-0.1, -0.05) is 30.3 Å². The molecular formula is C22H26N4O. The molecular weight excluding hydrogens is 336 g/mol. The predicted octanol–water partition coefficient (Wildman–Crippen LogP) is 3.24. The zero-order valence-electron chi connectivity index (χ0n) is 15.6. The Morgan fingerprint density at radius 3 is 2.48 bits per heavy atom. The molecule has 1 amide bonds. The fourth-order valence-corrected chi connectivity index (χ4v) is 4.89. The molecule has 0 bridgehead atoms. The average Bonchev–Trinajstić information content (AvgIpc) is 3.57. The molecule has 0 N–H and O–H groups in total. The molecule has 1 aromatic carbocycles. The van der Waals surface area contributed by atoms with Crippen molar-refractivity contribution in [1.29, 1.82) is 0 Å².